The van der Waals surface area contributed by atoms with Crippen LogP contribution in [0.2, 0.25) is 0 Å². The van der Waals surface area contributed by atoms with Crippen molar-refractivity contribution in [3.63, 3.8) is 0 Å². The summed E-state index contributed by atoms with van der Waals surface area (Å²) in [5.74, 6) is 1.13. The van der Waals surface area contributed by atoms with Crippen LogP contribution in [0.1, 0.15) is 32.3 Å². The number of rotatable bonds is 9. The van der Waals surface area contributed by atoms with Crippen LogP contribution in [0.25, 0.3) is 0 Å². The summed E-state index contributed by atoms with van der Waals surface area (Å²) >= 11 is 0. The number of carbonyl (C=O) groups is 1. The third-order valence-electron chi connectivity index (χ3n) is 3.70. The molecule has 0 N–H and O–H groups in total. The van der Waals surface area contributed by atoms with Gasteiger partial charge in [-0.3, -0.25) is 4.79 Å². The standard InChI is InChI=1S/C18H26O5/c1-3-5-8-20-9-10-22-18(19)15-11-14-12-16(21-4-2)6-7-17(14)23-13-15/h6-7,12,15H,3-5,8-11,13H2,1-2H3. The fourth-order valence-corrected chi connectivity index (χ4v) is 2.45. The summed E-state index contributed by atoms with van der Waals surface area (Å²) in [5.41, 5.74) is 0.989. The van der Waals surface area contributed by atoms with E-state index in [1.165, 1.54) is 0 Å². The molecule has 1 aliphatic heterocycles. The van der Waals surface area contributed by atoms with Gasteiger partial charge in [0, 0.05) is 6.61 Å². The number of carbonyl (C=O) groups excluding carboxylic acids is 1. The first-order chi connectivity index (χ1) is 11.2. The first kappa shape index (κ1) is 17.6. The summed E-state index contributed by atoms with van der Waals surface area (Å²) in [7, 11) is 0. The van der Waals surface area contributed by atoms with Crippen LogP contribution >= 0.6 is 0 Å². The van der Waals surface area contributed by atoms with Crippen LogP contribution in [0.4, 0.5) is 0 Å². The highest BCUT2D eigenvalue weighted by Crippen LogP contribution is 2.31. The summed E-state index contributed by atoms with van der Waals surface area (Å²) in [6.07, 6.45) is 2.75. The van der Waals surface area contributed by atoms with Crippen LogP contribution in [0.5, 0.6) is 11.5 Å². The van der Waals surface area contributed by atoms with Gasteiger partial charge in [-0.1, -0.05) is 13.3 Å². The fraction of sp³-hybridized carbons (Fsp3) is 0.611. The number of ether oxygens (including phenoxy) is 4. The average molecular weight is 322 g/mol. The summed E-state index contributed by atoms with van der Waals surface area (Å²) in [6, 6.07) is 5.71. The van der Waals surface area contributed by atoms with Crippen LogP contribution < -0.4 is 9.47 Å². The quantitative estimate of drug-likeness (QED) is 0.517. The van der Waals surface area contributed by atoms with Crippen LogP contribution in [0.15, 0.2) is 18.2 Å². The van der Waals surface area contributed by atoms with E-state index in [-0.39, 0.29) is 11.9 Å². The van der Waals surface area contributed by atoms with Crippen molar-refractivity contribution in [1.29, 1.82) is 0 Å². The van der Waals surface area contributed by atoms with Gasteiger partial charge in [-0.2, -0.15) is 0 Å². The molecule has 23 heavy (non-hydrogen) atoms. The molecule has 0 aromatic heterocycles. The molecule has 0 radical (unpaired) electrons. The molecule has 5 nitrogen and oxygen atoms in total. The molecule has 0 amide bonds. The minimum absolute atomic E-state index is 0.225. The SMILES string of the molecule is CCCCOCCOC(=O)C1COc2ccc(OCC)cc2C1. The van der Waals surface area contributed by atoms with Gasteiger partial charge in [-0.05, 0) is 43.5 Å². The topological polar surface area (TPSA) is 54.0 Å². The Balaban J connectivity index is 1.79. The monoisotopic (exact) mass is 322 g/mol. The molecule has 1 aliphatic rings. The summed E-state index contributed by atoms with van der Waals surface area (Å²) in [5, 5.41) is 0. The van der Waals surface area contributed by atoms with Gasteiger partial charge in [0.05, 0.1) is 19.1 Å². The number of esters is 1. The number of benzene rings is 1. The molecule has 0 spiro atoms. The van der Waals surface area contributed by atoms with Crippen molar-refractivity contribution >= 4 is 5.97 Å². The minimum atomic E-state index is -0.269. The second-order valence-electron chi connectivity index (χ2n) is 5.55. The van der Waals surface area contributed by atoms with Gasteiger partial charge < -0.3 is 18.9 Å². The Bertz CT molecular complexity index is 500. The molecule has 1 atom stereocenters. The largest absolute Gasteiger partial charge is 0.494 e. The molecule has 1 aromatic rings. The molecule has 128 valence electrons. The zero-order chi connectivity index (χ0) is 16.5. The van der Waals surface area contributed by atoms with Gasteiger partial charge in [-0.15, -0.1) is 0 Å². The highest BCUT2D eigenvalue weighted by atomic mass is 16.6. The van der Waals surface area contributed by atoms with Gasteiger partial charge >= 0.3 is 5.97 Å². The van der Waals surface area contributed by atoms with Gasteiger partial charge in [0.25, 0.3) is 0 Å². The van der Waals surface area contributed by atoms with Crippen molar-refractivity contribution in [3.05, 3.63) is 23.8 Å². The first-order valence-electron chi connectivity index (χ1n) is 8.37. The number of unbranched alkanes of at least 4 members (excludes halogenated alkanes) is 1. The smallest absolute Gasteiger partial charge is 0.312 e. The Morgan fingerprint density at radius 2 is 2.13 bits per heavy atom. The molecule has 0 bridgehead atoms. The van der Waals surface area contributed by atoms with E-state index < -0.39 is 0 Å². The van der Waals surface area contributed by atoms with Gasteiger partial charge in [0.15, 0.2) is 0 Å². The second kappa shape index (κ2) is 9.40. The predicted molar refractivity (Wildman–Crippen MR) is 87.0 cm³/mol. The van der Waals surface area contributed by atoms with E-state index in [2.05, 4.69) is 6.92 Å². The van der Waals surface area contributed by atoms with E-state index in [4.69, 9.17) is 18.9 Å². The van der Waals surface area contributed by atoms with Gasteiger partial charge in [0.1, 0.15) is 24.7 Å². The Labute approximate surface area is 137 Å². The predicted octanol–water partition coefficient (Wildman–Crippen LogP) is 3.00. The maximum atomic E-state index is 12.1. The lowest BCUT2D eigenvalue weighted by molar-refractivity contribution is -0.151. The Morgan fingerprint density at radius 1 is 1.26 bits per heavy atom. The van der Waals surface area contributed by atoms with E-state index >= 15 is 0 Å². The maximum Gasteiger partial charge on any atom is 0.312 e. The highest BCUT2D eigenvalue weighted by Gasteiger charge is 2.27. The molecular formula is C18H26O5. The Kier molecular flexibility index (Phi) is 7.20. The third-order valence-corrected chi connectivity index (χ3v) is 3.70. The molecule has 1 unspecified atom stereocenters. The summed E-state index contributed by atoms with van der Waals surface area (Å²) in [4.78, 5) is 12.1. The molecule has 0 fully saturated rings. The van der Waals surface area contributed by atoms with Gasteiger partial charge in [-0.25, -0.2) is 0 Å². The van der Waals surface area contributed by atoms with E-state index in [1.54, 1.807) is 0 Å². The molecule has 1 heterocycles. The van der Waals surface area contributed by atoms with E-state index in [0.717, 1.165) is 29.9 Å². The molecule has 0 aliphatic carbocycles. The van der Waals surface area contributed by atoms with Crippen LogP contribution in [-0.2, 0) is 20.7 Å². The van der Waals surface area contributed by atoms with Crippen molar-refractivity contribution in [1.82, 2.24) is 0 Å². The molecule has 2 rings (SSSR count). The minimum Gasteiger partial charge on any atom is -0.494 e. The third kappa shape index (κ3) is 5.43. The van der Waals surface area contributed by atoms with E-state index in [9.17, 15) is 4.79 Å². The Morgan fingerprint density at radius 3 is 2.91 bits per heavy atom. The van der Waals surface area contributed by atoms with Crippen molar-refractivity contribution in [2.45, 2.75) is 33.1 Å². The number of hydrogen-bond donors (Lipinski definition) is 0. The van der Waals surface area contributed by atoms with Crippen molar-refractivity contribution in [2.24, 2.45) is 5.92 Å². The molecular weight excluding hydrogens is 296 g/mol. The maximum absolute atomic E-state index is 12.1. The van der Waals surface area contributed by atoms with Crippen LogP contribution in [0, 0.1) is 5.92 Å². The average Bonchev–Trinajstić information content (AvgIpc) is 2.57. The zero-order valence-corrected chi connectivity index (χ0v) is 14.0. The lowest BCUT2D eigenvalue weighted by Crippen LogP contribution is -2.30. The lowest BCUT2D eigenvalue weighted by atomic mass is 9.96. The molecule has 0 saturated carbocycles. The molecule has 0 saturated heterocycles. The number of hydrogen-bond acceptors (Lipinski definition) is 5. The normalized spacial score (nSPS) is 16.3. The lowest BCUT2D eigenvalue weighted by Gasteiger charge is -2.24. The molecule has 5 heteroatoms. The van der Waals surface area contributed by atoms with Crippen molar-refractivity contribution in [3.8, 4) is 11.5 Å². The van der Waals surface area contributed by atoms with Crippen molar-refractivity contribution < 1.29 is 23.7 Å². The molecule has 1 aromatic carbocycles. The van der Waals surface area contributed by atoms with E-state index in [0.29, 0.717) is 39.5 Å². The highest BCUT2D eigenvalue weighted by molar-refractivity contribution is 5.73. The van der Waals surface area contributed by atoms with E-state index in [1.807, 2.05) is 25.1 Å². The number of fused-ring (bicyclic) bond motifs is 1. The zero-order valence-electron chi connectivity index (χ0n) is 14.0. The van der Waals surface area contributed by atoms with Crippen LogP contribution in [0.3, 0.4) is 0 Å². The van der Waals surface area contributed by atoms with Gasteiger partial charge in [0.2, 0.25) is 0 Å². The Hall–Kier alpha value is -1.75. The second-order valence-corrected chi connectivity index (χ2v) is 5.55. The van der Waals surface area contributed by atoms with Crippen LogP contribution in [-0.4, -0.2) is 39.0 Å². The summed E-state index contributed by atoms with van der Waals surface area (Å²) in [6.45, 7) is 6.49. The fourth-order valence-electron chi connectivity index (χ4n) is 2.45. The first-order valence-corrected chi connectivity index (χ1v) is 8.37. The van der Waals surface area contributed by atoms with Crippen molar-refractivity contribution in [2.75, 3.05) is 33.0 Å². The summed E-state index contributed by atoms with van der Waals surface area (Å²) < 4.78 is 21.8.